The van der Waals surface area contributed by atoms with E-state index >= 15 is 0 Å². The van der Waals surface area contributed by atoms with Crippen LogP contribution < -0.4 is 0 Å². The van der Waals surface area contributed by atoms with Gasteiger partial charge in [0.15, 0.2) is 0 Å². The first kappa shape index (κ1) is 16.4. The number of Topliss-reactive ketones (excluding diaryl/α,β-unsaturated/α-hetero) is 1. The molecule has 1 heteroatoms. The second kappa shape index (κ2) is 6.60. The topological polar surface area (TPSA) is 17.1 Å². The summed E-state index contributed by atoms with van der Waals surface area (Å²) in [6, 6.07) is 17.5. The van der Waals surface area contributed by atoms with Crippen LogP contribution in [0.1, 0.15) is 40.3 Å². The van der Waals surface area contributed by atoms with E-state index in [0.717, 1.165) is 12.0 Å². The molecule has 3 rings (SSSR count). The molecule has 0 radical (unpaired) electrons. The highest BCUT2D eigenvalue weighted by atomic mass is 16.1. The minimum atomic E-state index is 0.214. The van der Waals surface area contributed by atoms with Gasteiger partial charge in [-0.05, 0) is 67.1 Å². The molecule has 0 unspecified atom stereocenters. The van der Waals surface area contributed by atoms with Gasteiger partial charge in [-0.3, -0.25) is 4.79 Å². The van der Waals surface area contributed by atoms with Gasteiger partial charge in [0.1, 0.15) is 5.78 Å². The van der Waals surface area contributed by atoms with Crippen LogP contribution in [0.2, 0.25) is 0 Å². The molecule has 3 aromatic carbocycles. The third kappa shape index (κ3) is 3.41. The Bertz CT molecular complexity index is 901. The zero-order valence-electron chi connectivity index (χ0n) is 14.9. The van der Waals surface area contributed by atoms with E-state index in [4.69, 9.17) is 0 Å². The molecular formula is C23H24O. The van der Waals surface area contributed by atoms with E-state index in [1.807, 2.05) is 0 Å². The quantitative estimate of drug-likeness (QED) is 0.622. The fourth-order valence-electron chi connectivity index (χ4n) is 3.34. The maximum absolute atomic E-state index is 11.7. The molecule has 0 saturated heterocycles. The van der Waals surface area contributed by atoms with Crippen molar-refractivity contribution in [1.29, 1.82) is 0 Å². The van der Waals surface area contributed by atoms with E-state index in [0.29, 0.717) is 6.42 Å². The zero-order valence-corrected chi connectivity index (χ0v) is 14.9. The highest BCUT2D eigenvalue weighted by molar-refractivity contribution is 5.90. The standard InChI is InChI=1S/C23H24O/c1-15-5-8-19(9-6-15)13-22-18(4)21(12-17(3)24)14-20-10-7-16(2)11-23(20)22/h5-11,14H,12-13H2,1-4H3. The van der Waals surface area contributed by atoms with Gasteiger partial charge in [-0.15, -0.1) is 0 Å². The first-order valence-corrected chi connectivity index (χ1v) is 8.51. The van der Waals surface area contributed by atoms with Gasteiger partial charge >= 0.3 is 0 Å². The fourth-order valence-corrected chi connectivity index (χ4v) is 3.34. The van der Waals surface area contributed by atoms with Crippen molar-refractivity contribution in [2.24, 2.45) is 0 Å². The van der Waals surface area contributed by atoms with E-state index in [9.17, 15) is 4.79 Å². The van der Waals surface area contributed by atoms with Gasteiger partial charge < -0.3 is 0 Å². The predicted octanol–water partition coefficient (Wildman–Crippen LogP) is 5.49. The number of benzene rings is 3. The Morgan fingerprint density at radius 2 is 1.54 bits per heavy atom. The molecule has 0 aliphatic rings. The highest BCUT2D eigenvalue weighted by Gasteiger charge is 2.12. The van der Waals surface area contributed by atoms with Gasteiger partial charge in [0.2, 0.25) is 0 Å². The van der Waals surface area contributed by atoms with Crippen LogP contribution in [-0.4, -0.2) is 5.78 Å². The number of fused-ring (bicyclic) bond motifs is 1. The first-order valence-electron chi connectivity index (χ1n) is 8.51. The Kier molecular flexibility index (Phi) is 4.53. The van der Waals surface area contributed by atoms with E-state index in [-0.39, 0.29) is 5.78 Å². The molecule has 0 spiro atoms. The molecule has 3 aromatic rings. The number of hydrogen-bond donors (Lipinski definition) is 0. The molecule has 1 nitrogen and oxygen atoms in total. The van der Waals surface area contributed by atoms with Gasteiger partial charge in [-0.1, -0.05) is 59.7 Å². The lowest BCUT2D eigenvalue weighted by Crippen LogP contribution is -2.03. The summed E-state index contributed by atoms with van der Waals surface area (Å²) in [5, 5.41) is 2.53. The van der Waals surface area contributed by atoms with Crippen LogP contribution >= 0.6 is 0 Å². The Morgan fingerprint density at radius 3 is 2.21 bits per heavy atom. The monoisotopic (exact) mass is 316 g/mol. The third-order valence-electron chi connectivity index (χ3n) is 4.74. The molecule has 24 heavy (non-hydrogen) atoms. The van der Waals surface area contributed by atoms with Crippen molar-refractivity contribution >= 4 is 16.6 Å². The number of aryl methyl sites for hydroxylation is 2. The highest BCUT2D eigenvalue weighted by Crippen LogP contribution is 2.29. The minimum absolute atomic E-state index is 0.214. The van der Waals surface area contributed by atoms with Crippen LogP contribution in [0, 0.1) is 20.8 Å². The summed E-state index contributed by atoms with van der Waals surface area (Å²) >= 11 is 0. The molecular weight excluding hydrogens is 292 g/mol. The van der Waals surface area contributed by atoms with E-state index in [2.05, 4.69) is 69.3 Å². The smallest absolute Gasteiger partial charge is 0.134 e. The Morgan fingerprint density at radius 1 is 0.875 bits per heavy atom. The second-order valence-corrected chi connectivity index (χ2v) is 6.91. The van der Waals surface area contributed by atoms with E-state index in [1.54, 1.807) is 6.92 Å². The van der Waals surface area contributed by atoms with Crippen LogP contribution in [-0.2, 0) is 17.6 Å². The number of carbonyl (C=O) groups is 1. The van der Waals surface area contributed by atoms with Crippen molar-refractivity contribution in [3.63, 3.8) is 0 Å². The van der Waals surface area contributed by atoms with Crippen molar-refractivity contribution in [3.8, 4) is 0 Å². The maximum Gasteiger partial charge on any atom is 0.134 e. The van der Waals surface area contributed by atoms with Gasteiger partial charge in [0.25, 0.3) is 0 Å². The fraction of sp³-hybridized carbons (Fsp3) is 0.261. The van der Waals surface area contributed by atoms with E-state index < -0.39 is 0 Å². The van der Waals surface area contributed by atoms with E-state index in [1.165, 1.54) is 38.6 Å². The van der Waals surface area contributed by atoms with Crippen molar-refractivity contribution in [1.82, 2.24) is 0 Å². The van der Waals surface area contributed by atoms with Crippen molar-refractivity contribution in [2.75, 3.05) is 0 Å². The molecule has 0 fully saturated rings. The van der Waals surface area contributed by atoms with Crippen molar-refractivity contribution < 1.29 is 4.79 Å². The average molecular weight is 316 g/mol. The summed E-state index contributed by atoms with van der Waals surface area (Å²) in [7, 11) is 0. The molecule has 0 aliphatic heterocycles. The van der Waals surface area contributed by atoms with Crippen LogP contribution in [0.5, 0.6) is 0 Å². The van der Waals surface area contributed by atoms with Gasteiger partial charge in [0, 0.05) is 6.42 Å². The van der Waals surface area contributed by atoms with Crippen LogP contribution in [0.3, 0.4) is 0 Å². The molecule has 0 aromatic heterocycles. The summed E-state index contributed by atoms with van der Waals surface area (Å²) < 4.78 is 0. The summed E-state index contributed by atoms with van der Waals surface area (Å²) in [6.45, 7) is 8.07. The molecule has 0 bridgehead atoms. The Balaban J connectivity index is 2.18. The zero-order chi connectivity index (χ0) is 17.3. The molecule has 0 atom stereocenters. The lowest BCUT2D eigenvalue weighted by atomic mass is 9.88. The molecule has 122 valence electrons. The maximum atomic E-state index is 11.7. The number of ketones is 1. The average Bonchev–Trinajstić information content (AvgIpc) is 2.53. The summed E-state index contributed by atoms with van der Waals surface area (Å²) in [4.78, 5) is 11.7. The molecule has 0 amide bonds. The van der Waals surface area contributed by atoms with Gasteiger partial charge in [0.05, 0.1) is 0 Å². The van der Waals surface area contributed by atoms with Crippen LogP contribution in [0.15, 0.2) is 48.5 Å². The predicted molar refractivity (Wildman–Crippen MR) is 102 cm³/mol. The second-order valence-electron chi connectivity index (χ2n) is 6.91. The minimum Gasteiger partial charge on any atom is -0.300 e. The molecule has 0 N–H and O–H groups in total. The van der Waals surface area contributed by atoms with Crippen LogP contribution in [0.25, 0.3) is 10.8 Å². The number of carbonyl (C=O) groups excluding carboxylic acids is 1. The lowest BCUT2D eigenvalue weighted by Gasteiger charge is -2.16. The Hall–Kier alpha value is -2.41. The number of hydrogen-bond acceptors (Lipinski definition) is 1. The molecule has 0 aliphatic carbocycles. The van der Waals surface area contributed by atoms with Gasteiger partial charge in [-0.2, -0.15) is 0 Å². The SMILES string of the molecule is CC(=O)Cc1cc2ccc(C)cc2c(Cc2ccc(C)cc2)c1C. The first-order chi connectivity index (χ1) is 11.4. The Labute approximate surface area is 144 Å². The van der Waals surface area contributed by atoms with Gasteiger partial charge in [-0.25, -0.2) is 0 Å². The summed E-state index contributed by atoms with van der Waals surface area (Å²) in [5.41, 5.74) is 7.61. The molecule has 0 saturated carbocycles. The molecule has 0 heterocycles. The lowest BCUT2D eigenvalue weighted by molar-refractivity contribution is -0.116. The largest absolute Gasteiger partial charge is 0.300 e. The third-order valence-corrected chi connectivity index (χ3v) is 4.74. The van der Waals surface area contributed by atoms with Crippen LogP contribution in [0.4, 0.5) is 0 Å². The normalized spacial score (nSPS) is 11.0. The van der Waals surface area contributed by atoms with Crippen molar-refractivity contribution in [3.05, 3.63) is 81.9 Å². The summed E-state index contributed by atoms with van der Waals surface area (Å²) in [5.74, 6) is 0.214. The number of rotatable bonds is 4. The summed E-state index contributed by atoms with van der Waals surface area (Å²) in [6.07, 6.45) is 1.41. The van der Waals surface area contributed by atoms with Crippen molar-refractivity contribution in [2.45, 2.75) is 40.5 Å².